The number of fused-ring (bicyclic) bond motifs is 1. The number of benzene rings is 2. The maximum atomic E-state index is 13.1. The first-order chi connectivity index (χ1) is 14.4. The van der Waals surface area contributed by atoms with Crippen LogP contribution in [0.15, 0.2) is 72.8 Å². The molecule has 0 fully saturated rings. The van der Waals surface area contributed by atoms with Crippen molar-refractivity contribution >= 4 is 23.1 Å². The molecule has 1 amide bonds. The number of halogens is 3. The molecule has 0 saturated heterocycles. The number of para-hydroxylation sites is 1. The van der Waals surface area contributed by atoms with Gasteiger partial charge in [-0.1, -0.05) is 48.5 Å². The highest BCUT2D eigenvalue weighted by Crippen LogP contribution is 2.28. The molecule has 4 aromatic rings. The second-order valence-electron chi connectivity index (χ2n) is 6.35. The summed E-state index contributed by atoms with van der Waals surface area (Å²) in [5.74, 6) is -1.58. The number of rotatable bonds is 5. The SMILES string of the molecule is O=C(Nc1ccccc1)[C@H](Nc1ccc2nnc(C(F)(F)F)n2n1)c1ccccc1. The molecule has 152 valence electrons. The minimum atomic E-state index is -4.71. The van der Waals surface area contributed by atoms with Crippen LogP contribution in [0, 0.1) is 0 Å². The van der Waals surface area contributed by atoms with Crippen LogP contribution in [0.5, 0.6) is 0 Å². The van der Waals surface area contributed by atoms with Gasteiger partial charge in [0.2, 0.25) is 0 Å². The van der Waals surface area contributed by atoms with Crippen molar-refractivity contribution in [3.63, 3.8) is 0 Å². The highest BCUT2D eigenvalue weighted by molar-refractivity contribution is 5.97. The smallest absolute Gasteiger partial charge is 0.353 e. The minimum Gasteiger partial charge on any atom is -0.353 e. The summed E-state index contributed by atoms with van der Waals surface area (Å²) in [6, 6.07) is 19.5. The molecule has 0 radical (unpaired) electrons. The molecule has 30 heavy (non-hydrogen) atoms. The Hall–Kier alpha value is -3.95. The van der Waals surface area contributed by atoms with Gasteiger partial charge in [0.25, 0.3) is 11.7 Å². The van der Waals surface area contributed by atoms with E-state index in [0.29, 0.717) is 15.8 Å². The summed E-state index contributed by atoms with van der Waals surface area (Å²) in [5, 5.41) is 16.3. The Kier molecular flexibility index (Phi) is 5.05. The largest absolute Gasteiger partial charge is 0.453 e. The molecule has 0 aliphatic carbocycles. The van der Waals surface area contributed by atoms with Crippen LogP contribution in [0.1, 0.15) is 17.4 Å². The number of alkyl halides is 3. The van der Waals surface area contributed by atoms with E-state index in [1.54, 1.807) is 54.6 Å². The topological polar surface area (TPSA) is 84.2 Å². The number of aromatic nitrogens is 4. The van der Waals surface area contributed by atoms with Crippen LogP contribution < -0.4 is 10.6 Å². The van der Waals surface area contributed by atoms with E-state index in [2.05, 4.69) is 25.9 Å². The number of nitrogens with one attached hydrogen (secondary N) is 2. The Morgan fingerprint density at radius 3 is 2.23 bits per heavy atom. The van der Waals surface area contributed by atoms with E-state index in [-0.39, 0.29) is 11.5 Å². The molecule has 2 N–H and O–H groups in total. The second kappa shape index (κ2) is 7.82. The van der Waals surface area contributed by atoms with E-state index in [4.69, 9.17) is 0 Å². The lowest BCUT2D eigenvalue weighted by Gasteiger charge is -2.19. The van der Waals surface area contributed by atoms with Crippen LogP contribution in [0.4, 0.5) is 24.7 Å². The summed E-state index contributed by atoms with van der Waals surface area (Å²) < 4.78 is 40.0. The van der Waals surface area contributed by atoms with Gasteiger partial charge in [-0.05, 0) is 29.8 Å². The minimum absolute atomic E-state index is 0.0575. The second-order valence-corrected chi connectivity index (χ2v) is 6.35. The number of carbonyl (C=O) groups excluding carboxylic acids is 1. The van der Waals surface area contributed by atoms with Gasteiger partial charge in [-0.2, -0.15) is 17.7 Å². The molecule has 1 atom stereocenters. The highest BCUT2D eigenvalue weighted by atomic mass is 19.4. The highest BCUT2D eigenvalue weighted by Gasteiger charge is 2.37. The predicted octanol–water partition coefficient (Wildman–Crippen LogP) is 3.94. The lowest BCUT2D eigenvalue weighted by Crippen LogP contribution is -2.28. The van der Waals surface area contributed by atoms with Gasteiger partial charge in [0.15, 0.2) is 5.65 Å². The molecule has 0 aliphatic heterocycles. The van der Waals surface area contributed by atoms with Crippen LogP contribution in [0.2, 0.25) is 0 Å². The Bertz CT molecular complexity index is 1160. The average Bonchev–Trinajstić information content (AvgIpc) is 3.17. The van der Waals surface area contributed by atoms with E-state index in [1.807, 2.05) is 6.07 Å². The maximum absolute atomic E-state index is 13.1. The summed E-state index contributed by atoms with van der Waals surface area (Å²) >= 11 is 0. The molecule has 2 aromatic carbocycles. The van der Waals surface area contributed by atoms with Crippen molar-refractivity contribution in [2.45, 2.75) is 12.2 Å². The van der Waals surface area contributed by atoms with Gasteiger partial charge in [0, 0.05) is 5.69 Å². The van der Waals surface area contributed by atoms with Crippen LogP contribution in [-0.2, 0) is 11.0 Å². The molecule has 2 heterocycles. The van der Waals surface area contributed by atoms with Crippen molar-refractivity contribution in [2.75, 3.05) is 10.6 Å². The van der Waals surface area contributed by atoms with E-state index in [9.17, 15) is 18.0 Å². The normalized spacial score (nSPS) is 12.5. The number of amides is 1. The lowest BCUT2D eigenvalue weighted by molar-refractivity contribution is -0.146. The Labute approximate surface area is 168 Å². The van der Waals surface area contributed by atoms with Gasteiger partial charge in [0.05, 0.1) is 0 Å². The Morgan fingerprint density at radius 2 is 1.57 bits per heavy atom. The monoisotopic (exact) mass is 412 g/mol. The lowest BCUT2D eigenvalue weighted by atomic mass is 10.1. The van der Waals surface area contributed by atoms with E-state index >= 15 is 0 Å². The van der Waals surface area contributed by atoms with Crippen molar-refractivity contribution < 1.29 is 18.0 Å². The van der Waals surface area contributed by atoms with Crippen molar-refractivity contribution in [3.05, 3.63) is 84.2 Å². The fraction of sp³-hybridized carbons (Fsp3) is 0.100. The summed E-state index contributed by atoms with van der Waals surface area (Å²) in [6.07, 6.45) is -4.71. The van der Waals surface area contributed by atoms with Crippen molar-refractivity contribution in [2.24, 2.45) is 0 Å². The summed E-state index contributed by atoms with van der Waals surface area (Å²) in [4.78, 5) is 12.9. The molecule has 7 nitrogen and oxygen atoms in total. The number of anilines is 2. The number of nitrogens with zero attached hydrogens (tertiary/aromatic N) is 4. The zero-order valence-corrected chi connectivity index (χ0v) is 15.3. The third-order valence-electron chi connectivity index (χ3n) is 4.25. The molecule has 0 bridgehead atoms. The van der Waals surface area contributed by atoms with E-state index in [0.717, 1.165) is 0 Å². The first kappa shape index (κ1) is 19.4. The molecule has 10 heteroatoms. The number of hydrogen-bond acceptors (Lipinski definition) is 5. The first-order valence-corrected chi connectivity index (χ1v) is 8.89. The fourth-order valence-electron chi connectivity index (χ4n) is 2.87. The number of carbonyl (C=O) groups is 1. The molecule has 2 aromatic heterocycles. The summed E-state index contributed by atoms with van der Waals surface area (Å²) in [5.41, 5.74) is 1.15. The van der Waals surface area contributed by atoms with Gasteiger partial charge >= 0.3 is 6.18 Å². The van der Waals surface area contributed by atoms with Gasteiger partial charge < -0.3 is 10.6 Å². The Morgan fingerprint density at radius 1 is 0.900 bits per heavy atom. The summed E-state index contributed by atoms with van der Waals surface area (Å²) in [6.45, 7) is 0. The van der Waals surface area contributed by atoms with Gasteiger partial charge in [0.1, 0.15) is 11.9 Å². The summed E-state index contributed by atoms with van der Waals surface area (Å²) in [7, 11) is 0. The molecule has 0 aliphatic rings. The molecule has 0 unspecified atom stereocenters. The molecular weight excluding hydrogens is 397 g/mol. The zero-order chi connectivity index (χ0) is 21.1. The standard InChI is InChI=1S/C20H15F3N6O/c21-20(22,23)19-27-26-16-12-11-15(28-29(16)19)25-17(13-7-3-1-4-8-13)18(30)24-14-9-5-2-6-10-14/h1-12,17H,(H,24,30)(H,25,28)/t17-/m1/s1. The zero-order valence-electron chi connectivity index (χ0n) is 15.3. The van der Waals surface area contributed by atoms with Crippen molar-refractivity contribution in [3.8, 4) is 0 Å². The Balaban J connectivity index is 1.67. The predicted molar refractivity (Wildman–Crippen MR) is 104 cm³/mol. The van der Waals surface area contributed by atoms with Crippen LogP contribution in [-0.4, -0.2) is 25.7 Å². The molecule has 0 spiro atoms. The van der Waals surface area contributed by atoms with Crippen molar-refractivity contribution in [1.29, 1.82) is 0 Å². The van der Waals surface area contributed by atoms with Crippen LogP contribution in [0.3, 0.4) is 0 Å². The van der Waals surface area contributed by atoms with E-state index < -0.39 is 23.9 Å². The fourth-order valence-corrected chi connectivity index (χ4v) is 2.87. The van der Waals surface area contributed by atoms with E-state index in [1.165, 1.54) is 12.1 Å². The molecule has 4 rings (SSSR count). The molecular formula is C20H15F3N6O. The van der Waals surface area contributed by atoms with Gasteiger partial charge in [-0.3, -0.25) is 4.79 Å². The number of hydrogen-bond donors (Lipinski definition) is 2. The van der Waals surface area contributed by atoms with Crippen LogP contribution >= 0.6 is 0 Å². The van der Waals surface area contributed by atoms with Crippen LogP contribution in [0.25, 0.3) is 5.65 Å². The average molecular weight is 412 g/mol. The maximum Gasteiger partial charge on any atom is 0.453 e. The van der Waals surface area contributed by atoms with Gasteiger partial charge in [-0.15, -0.1) is 15.3 Å². The van der Waals surface area contributed by atoms with Gasteiger partial charge in [-0.25, -0.2) is 0 Å². The third kappa shape index (κ3) is 4.07. The van der Waals surface area contributed by atoms with Crippen molar-refractivity contribution in [1.82, 2.24) is 19.8 Å². The third-order valence-corrected chi connectivity index (χ3v) is 4.25. The first-order valence-electron chi connectivity index (χ1n) is 8.89. The quantitative estimate of drug-likeness (QED) is 0.519. The molecule has 0 saturated carbocycles.